The number of hydrogen-bond donors (Lipinski definition) is 0. The number of imidazole rings is 1. The van der Waals surface area contributed by atoms with Crippen LogP contribution in [0.5, 0.6) is 0 Å². The van der Waals surface area contributed by atoms with Crippen molar-refractivity contribution in [1.29, 1.82) is 0 Å². The highest BCUT2D eigenvalue weighted by molar-refractivity contribution is 7.99. The third-order valence-electron chi connectivity index (χ3n) is 2.18. The van der Waals surface area contributed by atoms with E-state index >= 15 is 0 Å². The highest BCUT2D eigenvalue weighted by Crippen LogP contribution is 2.29. The maximum Gasteiger partial charge on any atom is 0.184 e. The van der Waals surface area contributed by atoms with E-state index in [4.69, 9.17) is 4.42 Å². The summed E-state index contributed by atoms with van der Waals surface area (Å²) in [4.78, 5) is 12.5. The number of fused-ring (bicyclic) bond motifs is 1. The Bertz CT molecular complexity index is 630. The molecule has 0 aliphatic carbocycles. The molecule has 3 aromatic rings. The smallest absolute Gasteiger partial charge is 0.184 e. The van der Waals surface area contributed by atoms with Crippen LogP contribution in [0.1, 0.15) is 0 Å². The third kappa shape index (κ3) is 1.47. The van der Waals surface area contributed by atoms with Gasteiger partial charge in [0.2, 0.25) is 0 Å². The third-order valence-corrected chi connectivity index (χ3v) is 3.24. The van der Waals surface area contributed by atoms with Crippen molar-refractivity contribution in [2.45, 2.75) is 10.2 Å². The van der Waals surface area contributed by atoms with Gasteiger partial charge in [-0.05, 0) is 11.8 Å². The minimum absolute atomic E-state index is 0.704. The fourth-order valence-electron chi connectivity index (χ4n) is 1.38. The summed E-state index contributed by atoms with van der Waals surface area (Å²) < 4.78 is 7.29. The quantitative estimate of drug-likeness (QED) is 0.633. The van der Waals surface area contributed by atoms with Gasteiger partial charge in [0.15, 0.2) is 15.8 Å². The zero-order chi connectivity index (χ0) is 11.0. The predicted octanol–water partition coefficient (Wildman–Crippen LogP) is 2.11. The molecule has 16 heavy (non-hydrogen) atoms. The van der Waals surface area contributed by atoms with Gasteiger partial charge in [0.05, 0.1) is 6.26 Å². The highest BCUT2D eigenvalue weighted by atomic mass is 32.2. The maximum atomic E-state index is 5.35. The van der Waals surface area contributed by atoms with Crippen molar-refractivity contribution >= 4 is 22.9 Å². The zero-order valence-electron chi connectivity index (χ0n) is 8.49. The molecular weight excluding hydrogens is 224 g/mol. The van der Waals surface area contributed by atoms with Crippen LogP contribution >= 0.6 is 11.8 Å². The van der Waals surface area contributed by atoms with Gasteiger partial charge in [0.1, 0.15) is 11.8 Å². The Balaban J connectivity index is 2.07. The first-order valence-corrected chi connectivity index (χ1v) is 5.49. The van der Waals surface area contributed by atoms with E-state index in [9.17, 15) is 0 Å². The molecule has 3 aromatic heterocycles. The van der Waals surface area contributed by atoms with E-state index in [1.54, 1.807) is 12.5 Å². The van der Waals surface area contributed by atoms with Gasteiger partial charge in [-0.1, -0.05) is 0 Å². The molecule has 0 saturated carbocycles. The molecule has 0 N–H and O–H groups in total. The Labute approximate surface area is 95.5 Å². The monoisotopic (exact) mass is 232 g/mol. The van der Waals surface area contributed by atoms with E-state index < -0.39 is 0 Å². The van der Waals surface area contributed by atoms with Gasteiger partial charge in [-0.3, -0.25) is 0 Å². The molecule has 0 fully saturated rings. The first kappa shape index (κ1) is 9.41. The first-order chi connectivity index (χ1) is 7.84. The van der Waals surface area contributed by atoms with Crippen LogP contribution in [-0.4, -0.2) is 19.5 Å². The molecule has 0 amide bonds. The molecule has 0 aliphatic rings. The Morgan fingerprint density at radius 1 is 1.31 bits per heavy atom. The van der Waals surface area contributed by atoms with Crippen LogP contribution in [0.2, 0.25) is 0 Å². The maximum absolute atomic E-state index is 5.35. The second-order valence-corrected chi connectivity index (χ2v) is 4.19. The van der Waals surface area contributed by atoms with Crippen molar-refractivity contribution in [2.75, 3.05) is 0 Å². The lowest BCUT2D eigenvalue weighted by molar-refractivity contribution is 0.603. The first-order valence-electron chi connectivity index (χ1n) is 4.68. The van der Waals surface area contributed by atoms with E-state index in [0.29, 0.717) is 5.58 Å². The van der Waals surface area contributed by atoms with Crippen LogP contribution in [0.4, 0.5) is 0 Å². The molecule has 5 nitrogen and oxygen atoms in total. The Morgan fingerprint density at radius 3 is 3.06 bits per heavy atom. The Morgan fingerprint density at radius 2 is 2.25 bits per heavy atom. The minimum atomic E-state index is 0.704. The molecule has 3 rings (SSSR count). The number of nitrogens with zero attached hydrogens (tertiary/aromatic N) is 4. The van der Waals surface area contributed by atoms with Gasteiger partial charge in [-0.15, -0.1) is 0 Å². The average molecular weight is 232 g/mol. The van der Waals surface area contributed by atoms with Crippen LogP contribution in [0.25, 0.3) is 11.1 Å². The number of hydrogen-bond acceptors (Lipinski definition) is 5. The molecule has 0 aromatic carbocycles. The summed E-state index contributed by atoms with van der Waals surface area (Å²) in [5.74, 6) is 0. The lowest BCUT2D eigenvalue weighted by Crippen LogP contribution is -1.90. The van der Waals surface area contributed by atoms with Crippen molar-refractivity contribution in [2.24, 2.45) is 7.05 Å². The van der Waals surface area contributed by atoms with E-state index in [0.717, 1.165) is 15.7 Å². The molecule has 6 heteroatoms. The van der Waals surface area contributed by atoms with Crippen molar-refractivity contribution < 1.29 is 4.42 Å². The molecule has 0 spiro atoms. The summed E-state index contributed by atoms with van der Waals surface area (Å²) in [5.41, 5.74) is 1.52. The minimum Gasteiger partial charge on any atom is -0.460 e. The van der Waals surface area contributed by atoms with Gasteiger partial charge >= 0.3 is 0 Å². The van der Waals surface area contributed by atoms with Gasteiger partial charge < -0.3 is 8.98 Å². The molecule has 80 valence electrons. The van der Waals surface area contributed by atoms with Gasteiger partial charge in [-0.2, -0.15) is 0 Å². The van der Waals surface area contributed by atoms with Crippen molar-refractivity contribution in [1.82, 2.24) is 19.5 Å². The summed E-state index contributed by atoms with van der Waals surface area (Å²) in [5, 5.41) is 1.65. The molecule has 3 heterocycles. The van der Waals surface area contributed by atoms with Crippen LogP contribution in [0, 0.1) is 0 Å². The zero-order valence-corrected chi connectivity index (χ0v) is 9.31. The van der Waals surface area contributed by atoms with Gasteiger partial charge in [0, 0.05) is 25.5 Å². The highest BCUT2D eigenvalue weighted by Gasteiger charge is 2.10. The fourth-order valence-corrected chi connectivity index (χ4v) is 2.21. The normalized spacial score (nSPS) is 11.1. The second kappa shape index (κ2) is 3.64. The molecule has 0 unspecified atom stereocenters. The largest absolute Gasteiger partial charge is 0.460 e. The van der Waals surface area contributed by atoms with Crippen LogP contribution in [-0.2, 0) is 7.05 Å². The lowest BCUT2D eigenvalue weighted by atomic mass is 10.5. The van der Waals surface area contributed by atoms with Gasteiger partial charge in [0.25, 0.3) is 0 Å². The van der Waals surface area contributed by atoms with Crippen molar-refractivity contribution in [3.05, 3.63) is 31.1 Å². The molecule has 0 atom stereocenters. The fraction of sp³-hybridized carbons (Fsp3) is 0.100. The molecule has 0 aliphatic heterocycles. The number of aryl methyl sites for hydroxylation is 1. The molecule has 0 bridgehead atoms. The second-order valence-electron chi connectivity index (χ2n) is 3.24. The summed E-state index contributed by atoms with van der Waals surface area (Å²) in [7, 11) is 1.94. The van der Waals surface area contributed by atoms with E-state index in [1.807, 2.05) is 23.9 Å². The lowest BCUT2D eigenvalue weighted by Gasteiger charge is -2.00. The topological polar surface area (TPSA) is 56.7 Å². The summed E-state index contributed by atoms with van der Waals surface area (Å²) in [6.07, 6.45) is 6.79. The Kier molecular flexibility index (Phi) is 2.14. The van der Waals surface area contributed by atoms with Gasteiger partial charge in [-0.25, -0.2) is 15.0 Å². The predicted molar refractivity (Wildman–Crippen MR) is 59.1 cm³/mol. The standard InChI is InChI=1S/C10H8N4OS/c1-14-4-3-11-10(14)16-9-8-7(2-5-15-8)12-6-13-9/h2-6H,1H3. The van der Waals surface area contributed by atoms with Crippen molar-refractivity contribution in [3.8, 4) is 0 Å². The number of rotatable bonds is 2. The number of furan rings is 1. The molecular formula is C10H8N4OS. The van der Waals surface area contributed by atoms with Crippen LogP contribution in [0.15, 0.2) is 45.7 Å². The van der Waals surface area contributed by atoms with E-state index in [-0.39, 0.29) is 0 Å². The summed E-state index contributed by atoms with van der Waals surface area (Å²) in [6, 6.07) is 1.82. The summed E-state index contributed by atoms with van der Waals surface area (Å²) >= 11 is 1.46. The Hall–Kier alpha value is -1.82. The van der Waals surface area contributed by atoms with Crippen molar-refractivity contribution in [3.63, 3.8) is 0 Å². The molecule has 0 saturated heterocycles. The SMILES string of the molecule is Cn1ccnc1Sc1ncnc2ccoc12. The van der Waals surface area contributed by atoms with Crippen LogP contribution in [0.3, 0.4) is 0 Å². The van der Waals surface area contributed by atoms with E-state index in [2.05, 4.69) is 15.0 Å². The summed E-state index contributed by atoms with van der Waals surface area (Å²) in [6.45, 7) is 0. The number of aromatic nitrogens is 4. The molecule has 0 radical (unpaired) electrons. The van der Waals surface area contributed by atoms with Crippen LogP contribution < -0.4 is 0 Å². The van der Waals surface area contributed by atoms with E-state index in [1.165, 1.54) is 18.1 Å². The average Bonchev–Trinajstić information content (AvgIpc) is 2.89.